The molecule has 0 saturated heterocycles. The molecule has 8 heteroatoms. The van der Waals surface area contributed by atoms with Crippen LogP contribution < -0.4 is 10.6 Å². The first kappa shape index (κ1) is 17.4. The molecule has 0 radical (unpaired) electrons. The molecule has 0 aromatic carbocycles. The van der Waals surface area contributed by atoms with Crippen molar-refractivity contribution in [2.75, 3.05) is 19.0 Å². The van der Waals surface area contributed by atoms with Crippen molar-refractivity contribution >= 4 is 33.3 Å². The van der Waals surface area contributed by atoms with E-state index in [1.807, 2.05) is 26.0 Å². The molecule has 0 fully saturated rings. The molecule has 3 aromatic rings. The monoisotopic (exact) mass is 360 g/mol. The Labute approximate surface area is 149 Å². The molecule has 1 amide bonds. The fraction of sp³-hybridized carbons (Fsp3) is 0.353. The van der Waals surface area contributed by atoms with Crippen molar-refractivity contribution in [3.8, 4) is 0 Å². The fourth-order valence-corrected chi connectivity index (χ4v) is 3.64. The summed E-state index contributed by atoms with van der Waals surface area (Å²) in [4.78, 5) is 22.6. The van der Waals surface area contributed by atoms with Crippen molar-refractivity contribution in [1.82, 2.24) is 15.3 Å². The van der Waals surface area contributed by atoms with Gasteiger partial charge in [0.25, 0.3) is 5.91 Å². The van der Waals surface area contributed by atoms with Crippen LogP contribution in [0.3, 0.4) is 0 Å². The van der Waals surface area contributed by atoms with Crippen LogP contribution in [-0.4, -0.2) is 35.6 Å². The van der Waals surface area contributed by atoms with E-state index in [1.54, 1.807) is 13.4 Å². The molecule has 1 atom stereocenters. The minimum absolute atomic E-state index is 0.0651. The van der Waals surface area contributed by atoms with Gasteiger partial charge in [0, 0.05) is 13.2 Å². The molecule has 2 N–H and O–H groups in total. The Hall–Kier alpha value is -2.45. The van der Waals surface area contributed by atoms with Crippen molar-refractivity contribution in [2.45, 2.75) is 26.4 Å². The zero-order chi connectivity index (χ0) is 17.8. The van der Waals surface area contributed by atoms with E-state index in [1.165, 1.54) is 17.7 Å². The number of thiophene rings is 1. The zero-order valence-electron chi connectivity index (χ0n) is 14.3. The maximum atomic E-state index is 12.5. The van der Waals surface area contributed by atoms with Crippen molar-refractivity contribution in [1.29, 1.82) is 0 Å². The SMILES string of the molecule is COC[C@H](C)NC(=O)c1sc2ncnc(NCc3ccco3)c2c1C. The number of aryl methyl sites for hydroxylation is 1. The van der Waals surface area contributed by atoms with Crippen LogP contribution in [0.4, 0.5) is 5.82 Å². The van der Waals surface area contributed by atoms with Crippen molar-refractivity contribution < 1.29 is 13.9 Å². The molecule has 0 aliphatic rings. The predicted molar refractivity (Wildman–Crippen MR) is 97.0 cm³/mol. The van der Waals surface area contributed by atoms with Crippen LogP contribution in [0.1, 0.15) is 27.9 Å². The number of amides is 1. The lowest BCUT2D eigenvalue weighted by Gasteiger charge is -2.12. The molecule has 25 heavy (non-hydrogen) atoms. The molecule has 7 nitrogen and oxygen atoms in total. The molecule has 0 bridgehead atoms. The third kappa shape index (κ3) is 3.80. The van der Waals surface area contributed by atoms with E-state index in [9.17, 15) is 4.79 Å². The highest BCUT2D eigenvalue weighted by atomic mass is 32.1. The van der Waals surface area contributed by atoms with Gasteiger partial charge in [0.05, 0.1) is 29.7 Å². The van der Waals surface area contributed by atoms with Crippen LogP contribution in [0.2, 0.25) is 0 Å². The Morgan fingerprint density at radius 2 is 2.28 bits per heavy atom. The Kier molecular flexibility index (Phi) is 5.30. The predicted octanol–water partition coefficient (Wildman–Crippen LogP) is 2.97. The summed E-state index contributed by atoms with van der Waals surface area (Å²) in [5.74, 6) is 1.38. The average molecular weight is 360 g/mol. The number of ether oxygens (including phenoxy) is 1. The number of fused-ring (bicyclic) bond motifs is 1. The van der Waals surface area contributed by atoms with E-state index in [-0.39, 0.29) is 11.9 Å². The summed E-state index contributed by atoms with van der Waals surface area (Å²) >= 11 is 1.36. The third-order valence-corrected chi connectivity index (χ3v) is 4.94. The van der Waals surface area contributed by atoms with Gasteiger partial charge in [-0.05, 0) is 31.5 Å². The normalized spacial score (nSPS) is 12.3. The van der Waals surface area contributed by atoms with Crippen molar-refractivity contribution in [3.05, 3.63) is 40.9 Å². The standard InChI is InChI=1S/C17H20N4O3S/c1-10(8-23-3)21-16(22)14-11(2)13-15(19-9-20-17(13)25-14)18-7-12-5-4-6-24-12/h4-6,9-10H,7-8H2,1-3H3,(H,21,22)(H,18,19,20)/t10-/m0/s1. The van der Waals surface area contributed by atoms with Gasteiger partial charge in [-0.25, -0.2) is 9.97 Å². The van der Waals surface area contributed by atoms with Gasteiger partial charge in [0.15, 0.2) is 0 Å². The average Bonchev–Trinajstić information content (AvgIpc) is 3.21. The largest absolute Gasteiger partial charge is 0.467 e. The van der Waals surface area contributed by atoms with Gasteiger partial charge in [-0.2, -0.15) is 0 Å². The number of carbonyl (C=O) groups excluding carboxylic acids is 1. The second kappa shape index (κ2) is 7.62. The number of hydrogen-bond donors (Lipinski definition) is 2. The molecule has 132 valence electrons. The van der Waals surface area contributed by atoms with Crippen LogP contribution in [0.25, 0.3) is 10.2 Å². The first-order valence-electron chi connectivity index (χ1n) is 7.90. The number of nitrogens with zero attached hydrogens (tertiary/aromatic N) is 2. The zero-order valence-corrected chi connectivity index (χ0v) is 15.1. The molecule has 3 rings (SSSR count). The lowest BCUT2D eigenvalue weighted by Crippen LogP contribution is -2.35. The Morgan fingerprint density at radius 1 is 1.44 bits per heavy atom. The van der Waals surface area contributed by atoms with Gasteiger partial charge < -0.3 is 19.8 Å². The highest BCUT2D eigenvalue weighted by Crippen LogP contribution is 2.33. The summed E-state index contributed by atoms with van der Waals surface area (Å²) in [5.41, 5.74) is 0.865. The lowest BCUT2D eigenvalue weighted by atomic mass is 10.2. The number of anilines is 1. The lowest BCUT2D eigenvalue weighted by molar-refractivity contribution is 0.0909. The van der Waals surface area contributed by atoms with E-state index in [0.29, 0.717) is 23.8 Å². The van der Waals surface area contributed by atoms with E-state index in [0.717, 1.165) is 21.5 Å². The summed E-state index contributed by atoms with van der Waals surface area (Å²) < 4.78 is 10.4. The van der Waals surface area contributed by atoms with Crippen LogP contribution in [0, 0.1) is 6.92 Å². The van der Waals surface area contributed by atoms with E-state index in [2.05, 4.69) is 20.6 Å². The number of methoxy groups -OCH3 is 1. The number of aromatic nitrogens is 2. The van der Waals surface area contributed by atoms with Crippen molar-refractivity contribution in [3.63, 3.8) is 0 Å². The van der Waals surface area contributed by atoms with Gasteiger partial charge in [0.2, 0.25) is 0 Å². The highest BCUT2D eigenvalue weighted by molar-refractivity contribution is 7.20. The first-order chi connectivity index (χ1) is 12.1. The molecule has 0 aliphatic carbocycles. The summed E-state index contributed by atoms with van der Waals surface area (Å²) in [6.45, 7) is 4.79. The minimum atomic E-state index is -0.123. The maximum Gasteiger partial charge on any atom is 0.262 e. The fourth-order valence-electron chi connectivity index (χ4n) is 2.59. The summed E-state index contributed by atoms with van der Waals surface area (Å²) in [7, 11) is 1.61. The smallest absolute Gasteiger partial charge is 0.262 e. The topological polar surface area (TPSA) is 89.3 Å². The number of carbonyl (C=O) groups is 1. The second-order valence-electron chi connectivity index (χ2n) is 5.72. The summed E-state index contributed by atoms with van der Waals surface area (Å²) in [5, 5.41) is 7.05. The number of nitrogens with one attached hydrogen (secondary N) is 2. The molecular formula is C17H20N4O3S. The summed E-state index contributed by atoms with van der Waals surface area (Å²) in [6.07, 6.45) is 3.13. The van der Waals surface area contributed by atoms with Gasteiger partial charge in [-0.1, -0.05) is 0 Å². The summed E-state index contributed by atoms with van der Waals surface area (Å²) in [6, 6.07) is 3.67. The quantitative estimate of drug-likeness (QED) is 0.673. The Bertz CT molecular complexity index is 860. The molecule has 3 heterocycles. The molecule has 0 saturated carbocycles. The minimum Gasteiger partial charge on any atom is -0.467 e. The number of furan rings is 1. The molecule has 0 spiro atoms. The Morgan fingerprint density at radius 3 is 3.00 bits per heavy atom. The van der Waals surface area contributed by atoms with Gasteiger partial charge in [-0.15, -0.1) is 11.3 Å². The van der Waals surface area contributed by atoms with Crippen LogP contribution in [0.15, 0.2) is 29.1 Å². The number of rotatable bonds is 7. The molecular weight excluding hydrogens is 340 g/mol. The highest BCUT2D eigenvalue weighted by Gasteiger charge is 2.20. The first-order valence-corrected chi connectivity index (χ1v) is 8.72. The maximum absolute atomic E-state index is 12.5. The van der Waals surface area contributed by atoms with E-state index < -0.39 is 0 Å². The van der Waals surface area contributed by atoms with Crippen LogP contribution in [0.5, 0.6) is 0 Å². The molecule has 0 aliphatic heterocycles. The third-order valence-electron chi connectivity index (χ3n) is 3.74. The van der Waals surface area contributed by atoms with Crippen molar-refractivity contribution in [2.24, 2.45) is 0 Å². The van der Waals surface area contributed by atoms with E-state index >= 15 is 0 Å². The van der Waals surface area contributed by atoms with Crippen LogP contribution >= 0.6 is 11.3 Å². The second-order valence-corrected chi connectivity index (χ2v) is 6.72. The molecule has 0 unspecified atom stereocenters. The number of hydrogen-bond acceptors (Lipinski definition) is 7. The van der Waals surface area contributed by atoms with Crippen LogP contribution in [-0.2, 0) is 11.3 Å². The molecule has 3 aromatic heterocycles. The van der Waals surface area contributed by atoms with Gasteiger partial charge in [0.1, 0.15) is 22.7 Å². The van der Waals surface area contributed by atoms with Gasteiger partial charge >= 0.3 is 0 Å². The van der Waals surface area contributed by atoms with Gasteiger partial charge in [-0.3, -0.25) is 4.79 Å². The Balaban J connectivity index is 1.86. The van der Waals surface area contributed by atoms with E-state index in [4.69, 9.17) is 9.15 Å².